The van der Waals surface area contributed by atoms with Gasteiger partial charge in [-0.15, -0.1) is 0 Å². The van der Waals surface area contributed by atoms with Crippen LogP contribution in [0.1, 0.15) is 20.8 Å². The maximum Gasteiger partial charge on any atom is 0.338 e. The molecule has 0 spiro atoms. The van der Waals surface area contributed by atoms with E-state index in [1.165, 1.54) is 18.2 Å². The van der Waals surface area contributed by atoms with Crippen LogP contribution in [0.25, 0.3) is 0 Å². The summed E-state index contributed by atoms with van der Waals surface area (Å²) in [6, 6.07) is 0. The number of carbonyl (C=O) groups is 5. The number of aliphatic hydroxyl groups excluding tert-OH is 4. The maximum absolute atomic E-state index is 12.5. The van der Waals surface area contributed by atoms with Crippen LogP contribution in [0, 0.1) is 0 Å². The van der Waals surface area contributed by atoms with E-state index in [9.17, 15) is 44.4 Å². The van der Waals surface area contributed by atoms with Crippen molar-refractivity contribution in [1.29, 1.82) is 0 Å². The van der Waals surface area contributed by atoms with Crippen molar-refractivity contribution in [2.24, 2.45) is 0 Å². The molecule has 0 aliphatic rings. The van der Waals surface area contributed by atoms with Crippen molar-refractivity contribution in [2.45, 2.75) is 51.3 Å². The van der Waals surface area contributed by atoms with E-state index in [2.05, 4.69) is 0 Å². The van der Waals surface area contributed by atoms with Gasteiger partial charge in [0.25, 0.3) is 0 Å². The van der Waals surface area contributed by atoms with E-state index in [4.69, 9.17) is 28.4 Å². The Balaban J connectivity index is 5.15. The molecule has 0 aromatic rings. The predicted molar refractivity (Wildman–Crippen MR) is 133 cm³/mol. The van der Waals surface area contributed by atoms with E-state index in [1.807, 2.05) is 0 Å². The molecule has 5 unspecified atom stereocenters. The quantitative estimate of drug-likeness (QED) is 0.0761. The molecule has 15 heteroatoms. The average Bonchev–Trinajstić information content (AvgIpc) is 2.91. The lowest BCUT2D eigenvalue weighted by molar-refractivity contribution is -0.185. The number of allylic oxidation sites excluding steroid dienone is 3. The third-order valence-electron chi connectivity index (χ3n) is 4.23. The van der Waals surface area contributed by atoms with Crippen molar-refractivity contribution in [1.82, 2.24) is 0 Å². The largest absolute Gasteiger partial charge is 0.461 e. The highest BCUT2D eigenvalue weighted by molar-refractivity contribution is 5.85. The molecule has 0 rings (SSSR count). The third kappa shape index (κ3) is 17.1. The second-order valence-corrected chi connectivity index (χ2v) is 7.81. The second kappa shape index (κ2) is 21.2. The van der Waals surface area contributed by atoms with Crippen molar-refractivity contribution >= 4 is 29.8 Å². The summed E-state index contributed by atoms with van der Waals surface area (Å²) in [6.45, 7) is 0.878. The lowest BCUT2D eigenvalue weighted by Crippen LogP contribution is -2.46. The minimum atomic E-state index is -2.34. The Bertz CT molecular complexity index is 895. The summed E-state index contributed by atoms with van der Waals surface area (Å²) in [6.07, 6.45) is -1.38. The van der Waals surface area contributed by atoms with Gasteiger partial charge in [0, 0.05) is 18.2 Å². The Hall–Kier alpha value is -3.63. The molecule has 0 bridgehead atoms. The summed E-state index contributed by atoms with van der Waals surface area (Å²) in [5.41, 5.74) is 0. The SMILES string of the molecule is CC=CC(=O)OCC(O)COC(=O)C(O)C(OCC(O)COC(=O)C=CC)C(=O)OCC(O)COC(=O)C=CC. The lowest BCUT2D eigenvalue weighted by atomic mass is 10.2. The van der Waals surface area contributed by atoms with E-state index < -0.39 is 100 Å². The fraction of sp³-hybridized carbons (Fsp3) is 0.560. The van der Waals surface area contributed by atoms with Crippen molar-refractivity contribution in [3.05, 3.63) is 36.5 Å². The average molecular weight is 577 g/mol. The number of hydrogen-bond acceptors (Lipinski definition) is 15. The topological polar surface area (TPSA) is 222 Å². The van der Waals surface area contributed by atoms with Gasteiger partial charge in [-0.1, -0.05) is 18.2 Å². The predicted octanol–water partition coefficient (Wildman–Crippen LogP) is -1.74. The van der Waals surface area contributed by atoms with Gasteiger partial charge in [-0.3, -0.25) is 0 Å². The maximum atomic E-state index is 12.5. The Morgan fingerprint density at radius 2 is 0.850 bits per heavy atom. The van der Waals surface area contributed by atoms with Gasteiger partial charge in [0.1, 0.15) is 51.3 Å². The number of carbonyl (C=O) groups excluding carboxylic acids is 5. The van der Waals surface area contributed by atoms with E-state index in [1.54, 1.807) is 20.8 Å². The van der Waals surface area contributed by atoms with Gasteiger partial charge in [0.15, 0.2) is 12.2 Å². The van der Waals surface area contributed by atoms with E-state index in [0.29, 0.717) is 0 Å². The van der Waals surface area contributed by atoms with Crippen LogP contribution in [-0.4, -0.2) is 120 Å². The van der Waals surface area contributed by atoms with Crippen LogP contribution >= 0.6 is 0 Å². The molecule has 0 aliphatic heterocycles. The Labute approximate surface area is 230 Å². The first-order chi connectivity index (χ1) is 18.9. The van der Waals surface area contributed by atoms with Crippen LogP contribution in [0.5, 0.6) is 0 Å². The fourth-order valence-electron chi connectivity index (χ4n) is 2.38. The normalized spacial score (nSPS) is 15.3. The van der Waals surface area contributed by atoms with Gasteiger partial charge in [0.05, 0.1) is 6.61 Å². The number of rotatable bonds is 19. The van der Waals surface area contributed by atoms with Gasteiger partial charge in [0.2, 0.25) is 0 Å². The first-order valence-electron chi connectivity index (χ1n) is 12.0. The highest BCUT2D eigenvalue weighted by Crippen LogP contribution is 2.08. The number of esters is 5. The molecule has 0 aliphatic carbocycles. The van der Waals surface area contributed by atoms with E-state index in [-0.39, 0.29) is 0 Å². The van der Waals surface area contributed by atoms with E-state index >= 15 is 0 Å². The summed E-state index contributed by atoms with van der Waals surface area (Å²) in [7, 11) is 0. The second-order valence-electron chi connectivity index (χ2n) is 7.81. The molecule has 0 amide bonds. The van der Waals surface area contributed by atoms with Crippen LogP contribution in [0.15, 0.2) is 36.5 Å². The van der Waals surface area contributed by atoms with Gasteiger partial charge in [-0.25, -0.2) is 24.0 Å². The van der Waals surface area contributed by atoms with Gasteiger partial charge in [-0.05, 0) is 20.8 Å². The Kier molecular flexibility index (Phi) is 19.3. The first-order valence-corrected chi connectivity index (χ1v) is 12.0. The fourth-order valence-corrected chi connectivity index (χ4v) is 2.38. The molecular formula is C25H36O15. The molecule has 0 saturated carbocycles. The molecule has 0 fully saturated rings. The number of ether oxygens (including phenoxy) is 6. The minimum absolute atomic E-state index is 0.539. The third-order valence-corrected chi connectivity index (χ3v) is 4.23. The molecule has 15 nitrogen and oxygen atoms in total. The van der Waals surface area contributed by atoms with Crippen LogP contribution in [0.2, 0.25) is 0 Å². The zero-order valence-electron chi connectivity index (χ0n) is 22.4. The first kappa shape index (κ1) is 36.4. The molecule has 5 atom stereocenters. The standard InChI is InChI=1S/C25H36O15/c1-4-7-19(29)35-10-16(26)13-38-23(25(34)40-15-18(28)12-37-21(31)9-6-3)22(32)24(33)39-14-17(27)11-36-20(30)8-5-2/h4-9,16-18,22-23,26-28,32H,10-15H2,1-3H3. The lowest BCUT2D eigenvalue weighted by Gasteiger charge is -2.23. The summed E-state index contributed by atoms with van der Waals surface area (Å²) in [5.74, 6) is -5.09. The molecule has 4 N–H and O–H groups in total. The monoisotopic (exact) mass is 576 g/mol. The zero-order chi connectivity index (χ0) is 30.5. The van der Waals surface area contributed by atoms with Gasteiger partial charge < -0.3 is 48.8 Å². The van der Waals surface area contributed by atoms with Gasteiger partial charge >= 0.3 is 29.8 Å². The molecule has 40 heavy (non-hydrogen) atoms. The van der Waals surface area contributed by atoms with Crippen LogP contribution in [0.4, 0.5) is 0 Å². The van der Waals surface area contributed by atoms with Crippen LogP contribution in [0.3, 0.4) is 0 Å². The summed E-state index contributed by atoms with van der Waals surface area (Å²) < 4.78 is 28.8. The minimum Gasteiger partial charge on any atom is -0.461 e. The Morgan fingerprint density at radius 1 is 0.525 bits per heavy atom. The summed E-state index contributed by atoms with van der Waals surface area (Å²) in [5, 5.41) is 40.0. The van der Waals surface area contributed by atoms with E-state index in [0.717, 1.165) is 18.2 Å². The molecule has 0 heterocycles. The van der Waals surface area contributed by atoms with Gasteiger partial charge in [-0.2, -0.15) is 0 Å². The molecule has 0 saturated heterocycles. The van der Waals surface area contributed by atoms with Crippen molar-refractivity contribution < 1.29 is 72.8 Å². The Morgan fingerprint density at radius 3 is 1.23 bits per heavy atom. The molecular weight excluding hydrogens is 540 g/mol. The molecule has 0 aromatic heterocycles. The molecule has 0 aromatic carbocycles. The number of hydrogen-bond donors (Lipinski definition) is 4. The highest BCUT2D eigenvalue weighted by Gasteiger charge is 2.37. The van der Waals surface area contributed by atoms with Crippen molar-refractivity contribution in [3.63, 3.8) is 0 Å². The number of aliphatic hydroxyl groups is 4. The summed E-state index contributed by atoms with van der Waals surface area (Å²) in [4.78, 5) is 58.8. The van der Waals surface area contributed by atoms with Crippen molar-refractivity contribution in [2.75, 3.05) is 39.6 Å². The van der Waals surface area contributed by atoms with Crippen LogP contribution in [-0.2, 0) is 52.4 Å². The zero-order valence-corrected chi connectivity index (χ0v) is 22.4. The summed E-state index contributed by atoms with van der Waals surface area (Å²) >= 11 is 0. The smallest absolute Gasteiger partial charge is 0.338 e. The van der Waals surface area contributed by atoms with Crippen molar-refractivity contribution in [3.8, 4) is 0 Å². The highest BCUT2D eigenvalue weighted by atomic mass is 16.6. The van der Waals surface area contributed by atoms with Crippen LogP contribution < -0.4 is 0 Å². The molecule has 226 valence electrons. The molecule has 0 radical (unpaired) electrons.